The number of rotatable bonds is 6. The predicted molar refractivity (Wildman–Crippen MR) is 118 cm³/mol. The van der Waals surface area contributed by atoms with Gasteiger partial charge in [0.05, 0.1) is 27.3 Å². The molecule has 3 rings (SSSR count). The van der Waals surface area contributed by atoms with E-state index in [-0.39, 0.29) is 11.0 Å². The molecule has 1 fully saturated rings. The van der Waals surface area contributed by atoms with Gasteiger partial charge in [0.25, 0.3) is 5.91 Å². The van der Waals surface area contributed by atoms with Crippen molar-refractivity contribution in [3.8, 4) is 11.5 Å². The van der Waals surface area contributed by atoms with E-state index in [1.165, 1.54) is 52.1 Å². The number of nitrogens with one attached hydrogen (secondary N) is 3. The summed E-state index contributed by atoms with van der Waals surface area (Å²) in [6, 6.07) is 13.4. The summed E-state index contributed by atoms with van der Waals surface area (Å²) < 4.78 is 10.6. The summed E-state index contributed by atoms with van der Waals surface area (Å²) >= 11 is 5.31. The lowest BCUT2D eigenvalue weighted by Gasteiger charge is -2.23. The topological polar surface area (TPSA) is 64.0 Å². The normalized spacial score (nSPS) is 14.1. The number of quaternary nitrogens is 1. The second-order valence-corrected chi connectivity index (χ2v) is 7.54. The predicted octanol–water partition coefficient (Wildman–Crippen LogP) is 2.40. The van der Waals surface area contributed by atoms with E-state index in [1.807, 2.05) is 12.1 Å². The third-order valence-electron chi connectivity index (χ3n) is 5.11. The van der Waals surface area contributed by atoms with Gasteiger partial charge in [-0.15, -0.1) is 0 Å². The first-order valence-corrected chi connectivity index (χ1v) is 10.3. The van der Waals surface area contributed by atoms with Crippen LogP contribution in [0.25, 0.3) is 0 Å². The molecule has 0 saturated carbocycles. The van der Waals surface area contributed by atoms with E-state index in [9.17, 15) is 4.79 Å². The molecular formula is C22H28N3O3S+. The SMILES string of the molecule is COc1cccc(OC)c1C(=O)NC(=S)Nc1ccc(C[NH+]2CCCCC2)cc1. The Kier molecular flexibility index (Phi) is 7.43. The fourth-order valence-corrected chi connectivity index (χ4v) is 3.84. The molecule has 154 valence electrons. The maximum absolute atomic E-state index is 12.7. The molecule has 0 radical (unpaired) electrons. The lowest BCUT2D eigenvalue weighted by Crippen LogP contribution is -3.11. The maximum Gasteiger partial charge on any atom is 0.264 e. The molecule has 2 aromatic carbocycles. The first-order chi connectivity index (χ1) is 14.1. The van der Waals surface area contributed by atoms with Gasteiger partial charge in [-0.25, -0.2) is 0 Å². The molecule has 1 aliphatic heterocycles. The van der Waals surface area contributed by atoms with Crippen LogP contribution >= 0.6 is 12.2 Å². The van der Waals surface area contributed by atoms with Crippen LogP contribution in [0.5, 0.6) is 11.5 Å². The highest BCUT2D eigenvalue weighted by Gasteiger charge is 2.19. The highest BCUT2D eigenvalue weighted by atomic mass is 32.1. The van der Waals surface area contributed by atoms with Crippen molar-refractivity contribution >= 4 is 28.9 Å². The molecule has 0 aliphatic carbocycles. The molecule has 0 atom stereocenters. The van der Waals surface area contributed by atoms with Gasteiger partial charge in [-0.2, -0.15) is 0 Å². The highest BCUT2D eigenvalue weighted by Crippen LogP contribution is 2.28. The zero-order valence-electron chi connectivity index (χ0n) is 16.9. The van der Waals surface area contributed by atoms with Crippen molar-refractivity contribution in [2.45, 2.75) is 25.8 Å². The number of likely N-dealkylation sites (tertiary alicyclic amines) is 1. The molecular weight excluding hydrogens is 386 g/mol. The van der Waals surface area contributed by atoms with Gasteiger partial charge in [0, 0.05) is 11.3 Å². The van der Waals surface area contributed by atoms with Crippen LogP contribution in [0.3, 0.4) is 0 Å². The van der Waals surface area contributed by atoms with E-state index in [4.69, 9.17) is 21.7 Å². The number of hydrogen-bond donors (Lipinski definition) is 3. The first kappa shape index (κ1) is 21.1. The zero-order valence-corrected chi connectivity index (χ0v) is 17.7. The van der Waals surface area contributed by atoms with Crippen LogP contribution in [0.4, 0.5) is 5.69 Å². The number of carbonyl (C=O) groups is 1. The van der Waals surface area contributed by atoms with Gasteiger partial charge in [-0.3, -0.25) is 10.1 Å². The molecule has 2 aromatic rings. The van der Waals surface area contributed by atoms with Gasteiger partial charge in [-0.05, 0) is 55.7 Å². The average Bonchev–Trinajstić information content (AvgIpc) is 2.75. The Morgan fingerprint density at radius 3 is 2.21 bits per heavy atom. The summed E-state index contributed by atoms with van der Waals surface area (Å²) in [6.45, 7) is 3.56. The summed E-state index contributed by atoms with van der Waals surface area (Å²) in [6.07, 6.45) is 4.00. The maximum atomic E-state index is 12.7. The minimum Gasteiger partial charge on any atom is -0.496 e. The molecule has 0 bridgehead atoms. The lowest BCUT2D eigenvalue weighted by molar-refractivity contribution is -0.918. The number of piperidine rings is 1. The molecule has 6 nitrogen and oxygen atoms in total. The van der Waals surface area contributed by atoms with Crippen LogP contribution in [0, 0.1) is 0 Å². The Hall–Kier alpha value is -2.64. The van der Waals surface area contributed by atoms with Crippen molar-refractivity contribution in [2.75, 3.05) is 32.6 Å². The van der Waals surface area contributed by atoms with Gasteiger partial charge >= 0.3 is 0 Å². The fourth-order valence-electron chi connectivity index (χ4n) is 3.63. The number of amides is 1. The number of methoxy groups -OCH3 is 2. The molecule has 0 spiro atoms. The van der Waals surface area contributed by atoms with Gasteiger partial charge in [0.2, 0.25) is 0 Å². The van der Waals surface area contributed by atoms with E-state index in [2.05, 4.69) is 22.8 Å². The molecule has 7 heteroatoms. The largest absolute Gasteiger partial charge is 0.496 e. The van der Waals surface area contributed by atoms with Gasteiger partial charge in [-0.1, -0.05) is 18.2 Å². The van der Waals surface area contributed by atoms with E-state index in [0.29, 0.717) is 17.1 Å². The molecule has 1 amide bonds. The Morgan fingerprint density at radius 1 is 1.00 bits per heavy atom. The Bertz CT molecular complexity index is 827. The van der Waals surface area contributed by atoms with Crippen LogP contribution in [-0.2, 0) is 6.54 Å². The number of thiocarbonyl (C=S) groups is 1. The van der Waals surface area contributed by atoms with Crippen LogP contribution < -0.4 is 25.0 Å². The lowest BCUT2D eigenvalue weighted by atomic mass is 10.1. The number of ether oxygens (including phenoxy) is 2. The summed E-state index contributed by atoms with van der Waals surface area (Å²) in [7, 11) is 3.02. The van der Waals surface area contributed by atoms with Crippen LogP contribution in [-0.4, -0.2) is 38.3 Å². The number of carbonyl (C=O) groups excluding carboxylic acids is 1. The number of hydrogen-bond acceptors (Lipinski definition) is 4. The van der Waals surface area contributed by atoms with E-state index in [0.717, 1.165) is 12.2 Å². The van der Waals surface area contributed by atoms with E-state index >= 15 is 0 Å². The second kappa shape index (κ2) is 10.2. The van der Waals surface area contributed by atoms with E-state index in [1.54, 1.807) is 23.1 Å². The first-order valence-electron chi connectivity index (χ1n) is 9.86. The van der Waals surface area contributed by atoms with Crippen molar-refractivity contribution in [3.63, 3.8) is 0 Å². The van der Waals surface area contributed by atoms with Crippen molar-refractivity contribution in [2.24, 2.45) is 0 Å². The minimum absolute atomic E-state index is 0.220. The smallest absolute Gasteiger partial charge is 0.264 e. The minimum atomic E-state index is -0.387. The fraction of sp³-hybridized carbons (Fsp3) is 0.364. The summed E-state index contributed by atoms with van der Waals surface area (Å²) in [5.74, 6) is 0.463. The standard InChI is InChI=1S/C22H27N3O3S/c1-27-18-7-6-8-19(28-2)20(18)21(26)24-22(29)23-17-11-9-16(10-12-17)15-25-13-4-3-5-14-25/h6-12H,3-5,13-15H2,1-2H3,(H2,23,24,26,29)/p+1. The summed E-state index contributed by atoms with van der Waals surface area (Å²) in [4.78, 5) is 14.3. The van der Waals surface area contributed by atoms with E-state index < -0.39 is 0 Å². The molecule has 1 heterocycles. The summed E-state index contributed by atoms with van der Waals surface area (Å²) in [5, 5.41) is 5.97. The molecule has 29 heavy (non-hydrogen) atoms. The monoisotopic (exact) mass is 414 g/mol. The van der Waals surface area contributed by atoms with Crippen LogP contribution in [0.15, 0.2) is 42.5 Å². The Labute approximate surface area is 177 Å². The molecule has 0 aromatic heterocycles. The average molecular weight is 415 g/mol. The Morgan fingerprint density at radius 2 is 1.62 bits per heavy atom. The quantitative estimate of drug-likeness (QED) is 0.634. The molecule has 0 unspecified atom stereocenters. The molecule has 3 N–H and O–H groups in total. The van der Waals surface area contributed by atoms with Crippen molar-refractivity contribution < 1.29 is 19.2 Å². The second-order valence-electron chi connectivity index (χ2n) is 7.13. The number of benzene rings is 2. The van der Waals surface area contributed by atoms with Crippen LogP contribution in [0.1, 0.15) is 35.2 Å². The number of anilines is 1. The third kappa shape index (κ3) is 5.68. The van der Waals surface area contributed by atoms with Gasteiger partial charge in [0.1, 0.15) is 23.6 Å². The Balaban J connectivity index is 1.58. The van der Waals surface area contributed by atoms with Crippen molar-refractivity contribution in [1.82, 2.24) is 5.32 Å². The van der Waals surface area contributed by atoms with Crippen molar-refractivity contribution in [1.29, 1.82) is 0 Å². The van der Waals surface area contributed by atoms with Gasteiger partial charge in [0.15, 0.2) is 5.11 Å². The molecule has 1 aliphatic rings. The summed E-state index contributed by atoms with van der Waals surface area (Å²) in [5.41, 5.74) is 2.45. The zero-order chi connectivity index (χ0) is 20.6. The third-order valence-corrected chi connectivity index (χ3v) is 5.31. The molecule has 1 saturated heterocycles. The highest BCUT2D eigenvalue weighted by molar-refractivity contribution is 7.80. The van der Waals surface area contributed by atoms with Crippen LogP contribution in [0.2, 0.25) is 0 Å². The van der Waals surface area contributed by atoms with Gasteiger partial charge < -0.3 is 19.7 Å². The van der Waals surface area contributed by atoms with Crippen molar-refractivity contribution in [3.05, 3.63) is 53.6 Å².